The number of para-hydroxylation sites is 1. The third kappa shape index (κ3) is 3.31. The molecule has 2 aliphatic heterocycles. The van der Waals surface area contributed by atoms with Gasteiger partial charge in [0.05, 0.1) is 0 Å². The van der Waals surface area contributed by atoms with Crippen molar-refractivity contribution in [2.24, 2.45) is 5.92 Å². The van der Waals surface area contributed by atoms with Crippen LogP contribution >= 0.6 is 0 Å². The minimum absolute atomic E-state index is 0.0346. The second-order valence-electron chi connectivity index (χ2n) is 7.83. The monoisotopic (exact) mass is 386 g/mol. The van der Waals surface area contributed by atoms with Crippen LogP contribution in [0, 0.1) is 5.92 Å². The molecule has 2 aliphatic rings. The van der Waals surface area contributed by atoms with Crippen molar-refractivity contribution in [3.05, 3.63) is 83.0 Å². The SMILES string of the molecule is O=C(Nc1ccccc1)N1CC2CC(C1)c1ccc(-c3cccnc3)c(=O)n1C2. The lowest BCUT2D eigenvalue weighted by Crippen LogP contribution is -2.50. The molecule has 1 fully saturated rings. The van der Waals surface area contributed by atoms with Gasteiger partial charge in [0, 0.05) is 60.5 Å². The Labute approximate surface area is 168 Å². The van der Waals surface area contributed by atoms with Crippen molar-refractivity contribution in [3.8, 4) is 11.1 Å². The van der Waals surface area contributed by atoms with E-state index in [1.54, 1.807) is 12.4 Å². The topological polar surface area (TPSA) is 67.2 Å². The molecule has 4 heterocycles. The zero-order chi connectivity index (χ0) is 19.8. The molecular weight excluding hydrogens is 364 g/mol. The summed E-state index contributed by atoms with van der Waals surface area (Å²) in [5.41, 5.74) is 3.38. The molecule has 0 radical (unpaired) electrons. The number of urea groups is 1. The number of carbonyl (C=O) groups is 1. The van der Waals surface area contributed by atoms with Crippen LogP contribution in [0.3, 0.4) is 0 Å². The van der Waals surface area contributed by atoms with Gasteiger partial charge in [-0.25, -0.2) is 4.79 Å². The Balaban J connectivity index is 1.40. The van der Waals surface area contributed by atoms with E-state index in [2.05, 4.69) is 10.3 Å². The van der Waals surface area contributed by atoms with Crippen LogP contribution < -0.4 is 10.9 Å². The number of carbonyl (C=O) groups excluding carboxylic acids is 1. The molecule has 2 unspecified atom stereocenters. The predicted octanol–water partition coefficient (Wildman–Crippen LogP) is 3.56. The minimum atomic E-state index is -0.0753. The van der Waals surface area contributed by atoms with Crippen LogP contribution in [0.15, 0.2) is 71.8 Å². The van der Waals surface area contributed by atoms with E-state index >= 15 is 0 Å². The van der Waals surface area contributed by atoms with E-state index < -0.39 is 0 Å². The van der Waals surface area contributed by atoms with Crippen LogP contribution in [-0.4, -0.2) is 33.6 Å². The average Bonchev–Trinajstić information content (AvgIpc) is 2.76. The van der Waals surface area contributed by atoms with Gasteiger partial charge in [0.15, 0.2) is 0 Å². The standard InChI is InChI=1S/C23H22N4O2/c28-22-20(17-5-4-10-24-12-17)8-9-21-18-11-16(14-27(21)22)13-26(15-18)23(29)25-19-6-2-1-3-7-19/h1-10,12,16,18H,11,13-15H2,(H,25,29). The average molecular weight is 386 g/mol. The molecule has 2 aromatic heterocycles. The molecule has 29 heavy (non-hydrogen) atoms. The van der Waals surface area contributed by atoms with Crippen LogP contribution in [0.4, 0.5) is 10.5 Å². The van der Waals surface area contributed by atoms with Crippen LogP contribution in [0.5, 0.6) is 0 Å². The molecule has 1 aromatic carbocycles. The molecule has 0 aliphatic carbocycles. The summed E-state index contributed by atoms with van der Waals surface area (Å²) in [7, 11) is 0. The maximum atomic E-state index is 13.1. The Bertz CT molecular complexity index is 1090. The number of anilines is 1. The number of pyridine rings is 2. The quantitative estimate of drug-likeness (QED) is 0.732. The molecule has 1 saturated heterocycles. The number of amides is 2. The van der Waals surface area contributed by atoms with Crippen molar-refractivity contribution < 1.29 is 4.79 Å². The number of likely N-dealkylation sites (tertiary alicyclic amines) is 1. The lowest BCUT2D eigenvalue weighted by molar-refractivity contribution is 0.139. The zero-order valence-corrected chi connectivity index (χ0v) is 16.0. The van der Waals surface area contributed by atoms with Gasteiger partial charge in [0.1, 0.15) is 0 Å². The summed E-state index contributed by atoms with van der Waals surface area (Å²) in [4.78, 5) is 31.9. The molecule has 1 N–H and O–H groups in total. The van der Waals surface area contributed by atoms with E-state index in [0.29, 0.717) is 25.2 Å². The molecule has 6 heteroatoms. The van der Waals surface area contributed by atoms with Crippen molar-refractivity contribution in [3.63, 3.8) is 0 Å². The minimum Gasteiger partial charge on any atom is -0.324 e. The molecule has 2 amide bonds. The summed E-state index contributed by atoms with van der Waals surface area (Å²) in [6, 6.07) is 17.1. The van der Waals surface area contributed by atoms with Crippen molar-refractivity contribution in [2.75, 3.05) is 18.4 Å². The van der Waals surface area contributed by atoms with Gasteiger partial charge in [-0.15, -0.1) is 0 Å². The number of piperidine rings is 1. The Hall–Kier alpha value is -3.41. The van der Waals surface area contributed by atoms with Gasteiger partial charge >= 0.3 is 6.03 Å². The summed E-state index contributed by atoms with van der Waals surface area (Å²) in [6.45, 7) is 1.94. The van der Waals surface area contributed by atoms with Gasteiger partial charge in [-0.3, -0.25) is 9.78 Å². The maximum Gasteiger partial charge on any atom is 0.321 e. The molecule has 0 spiro atoms. The second-order valence-corrected chi connectivity index (χ2v) is 7.83. The fraction of sp³-hybridized carbons (Fsp3) is 0.261. The van der Waals surface area contributed by atoms with Crippen molar-refractivity contribution >= 4 is 11.7 Å². The number of nitrogens with one attached hydrogen (secondary N) is 1. The molecule has 146 valence electrons. The molecule has 2 bridgehead atoms. The van der Waals surface area contributed by atoms with Crippen LogP contribution in [0.1, 0.15) is 18.0 Å². The number of benzene rings is 1. The van der Waals surface area contributed by atoms with E-state index in [-0.39, 0.29) is 23.4 Å². The lowest BCUT2D eigenvalue weighted by atomic mass is 9.83. The highest BCUT2D eigenvalue weighted by molar-refractivity contribution is 5.89. The van der Waals surface area contributed by atoms with Gasteiger partial charge in [-0.2, -0.15) is 0 Å². The molecule has 2 atom stereocenters. The summed E-state index contributed by atoms with van der Waals surface area (Å²) in [6.07, 6.45) is 4.45. The van der Waals surface area contributed by atoms with Crippen LogP contribution in [0.25, 0.3) is 11.1 Å². The number of aromatic nitrogens is 2. The lowest BCUT2D eigenvalue weighted by Gasteiger charge is -2.42. The zero-order valence-electron chi connectivity index (χ0n) is 16.0. The molecule has 0 saturated carbocycles. The van der Waals surface area contributed by atoms with E-state index in [1.165, 1.54) is 0 Å². The number of fused-ring (bicyclic) bond motifs is 4. The highest BCUT2D eigenvalue weighted by Gasteiger charge is 2.36. The van der Waals surface area contributed by atoms with E-state index in [0.717, 1.165) is 23.4 Å². The number of rotatable bonds is 2. The Morgan fingerprint density at radius 1 is 1.00 bits per heavy atom. The van der Waals surface area contributed by atoms with E-state index in [9.17, 15) is 9.59 Å². The summed E-state index contributed by atoms with van der Waals surface area (Å²) < 4.78 is 1.91. The molecule has 3 aromatic rings. The fourth-order valence-electron chi connectivity index (χ4n) is 4.58. The third-order valence-corrected chi connectivity index (χ3v) is 5.89. The predicted molar refractivity (Wildman–Crippen MR) is 112 cm³/mol. The Morgan fingerprint density at radius 2 is 1.86 bits per heavy atom. The molecular formula is C23H22N4O2. The fourth-order valence-corrected chi connectivity index (χ4v) is 4.58. The smallest absolute Gasteiger partial charge is 0.321 e. The van der Waals surface area contributed by atoms with E-state index in [1.807, 2.05) is 64.1 Å². The first-order valence-corrected chi connectivity index (χ1v) is 9.94. The van der Waals surface area contributed by atoms with Gasteiger partial charge in [-0.05, 0) is 42.7 Å². The van der Waals surface area contributed by atoms with Gasteiger partial charge in [0.2, 0.25) is 0 Å². The van der Waals surface area contributed by atoms with Gasteiger partial charge in [-0.1, -0.05) is 24.3 Å². The number of hydrogen-bond acceptors (Lipinski definition) is 3. The van der Waals surface area contributed by atoms with Crippen molar-refractivity contribution in [2.45, 2.75) is 18.9 Å². The van der Waals surface area contributed by atoms with E-state index in [4.69, 9.17) is 0 Å². The van der Waals surface area contributed by atoms with Crippen molar-refractivity contribution in [1.82, 2.24) is 14.5 Å². The summed E-state index contributed by atoms with van der Waals surface area (Å²) >= 11 is 0. The largest absolute Gasteiger partial charge is 0.324 e. The first-order chi connectivity index (χ1) is 14.2. The Kier molecular flexibility index (Phi) is 4.39. The first kappa shape index (κ1) is 17.7. The van der Waals surface area contributed by atoms with Crippen LogP contribution in [-0.2, 0) is 6.54 Å². The molecule has 5 rings (SSSR count). The Morgan fingerprint density at radius 3 is 2.66 bits per heavy atom. The normalized spacial score (nSPS) is 20.1. The molecule has 6 nitrogen and oxygen atoms in total. The summed E-state index contributed by atoms with van der Waals surface area (Å²) in [5.74, 6) is 0.462. The number of nitrogens with zero attached hydrogens (tertiary/aromatic N) is 3. The highest BCUT2D eigenvalue weighted by atomic mass is 16.2. The third-order valence-electron chi connectivity index (χ3n) is 5.89. The van der Waals surface area contributed by atoms with Crippen molar-refractivity contribution in [1.29, 1.82) is 0 Å². The van der Waals surface area contributed by atoms with Crippen LogP contribution in [0.2, 0.25) is 0 Å². The summed E-state index contributed by atoms with van der Waals surface area (Å²) in [5, 5.41) is 2.98. The maximum absolute atomic E-state index is 13.1. The first-order valence-electron chi connectivity index (χ1n) is 9.94. The van der Waals surface area contributed by atoms with Gasteiger partial charge in [0.25, 0.3) is 5.56 Å². The highest BCUT2D eigenvalue weighted by Crippen LogP contribution is 2.36. The van der Waals surface area contributed by atoms with Gasteiger partial charge < -0.3 is 14.8 Å². The number of hydrogen-bond donors (Lipinski definition) is 1. The second kappa shape index (κ2) is 7.20.